The first kappa shape index (κ1) is 7.18. The predicted octanol–water partition coefficient (Wildman–Crippen LogP) is 1.44. The summed E-state index contributed by atoms with van der Waals surface area (Å²) in [5.74, 6) is 0. The summed E-state index contributed by atoms with van der Waals surface area (Å²) in [6.07, 6.45) is 2.03. The Hall–Kier alpha value is -0.930. The van der Waals surface area contributed by atoms with Crippen LogP contribution >= 0.6 is 0 Å². The maximum Gasteiger partial charge on any atom is 0.280 e. The molecule has 10 heavy (non-hydrogen) atoms. The van der Waals surface area contributed by atoms with Crippen molar-refractivity contribution in [3.8, 4) is 0 Å². The largest absolute Gasteiger partial charge is 0.320 e. The predicted molar refractivity (Wildman–Crippen MR) is 30.5 cm³/mol. The zero-order valence-electron chi connectivity index (χ0n) is 5.43. The lowest BCUT2D eigenvalue weighted by Crippen LogP contribution is -1.99. The van der Waals surface area contributed by atoms with Crippen molar-refractivity contribution < 1.29 is 8.78 Å². The van der Waals surface area contributed by atoms with E-state index >= 15 is 0 Å². The van der Waals surface area contributed by atoms with Gasteiger partial charge in [-0.25, -0.2) is 13.8 Å². The number of aromatic nitrogens is 2. The molecule has 0 N–H and O–H groups in total. The van der Waals surface area contributed by atoms with Crippen molar-refractivity contribution in [3.05, 3.63) is 18.2 Å². The van der Waals surface area contributed by atoms with Crippen LogP contribution in [0.25, 0.3) is 0 Å². The van der Waals surface area contributed by atoms with E-state index in [9.17, 15) is 8.78 Å². The minimum Gasteiger partial charge on any atom is -0.320 e. The first-order valence-electron chi connectivity index (χ1n) is 2.89. The number of alkyl halides is 2. The molecule has 0 fully saturated rings. The molecule has 0 saturated carbocycles. The number of imidazole rings is 1. The Bertz CT molecular complexity index is 207. The van der Waals surface area contributed by atoms with Crippen molar-refractivity contribution in [2.75, 3.05) is 0 Å². The Kier molecular flexibility index (Phi) is 1.99. The van der Waals surface area contributed by atoms with Gasteiger partial charge in [0.1, 0.15) is 11.9 Å². The molecule has 0 spiro atoms. The standard InChI is InChI=1S/C6H6F2N2/c1-2-10-4-9-3-5(10)6(7)8/h6H,2H2,1H3. The molecular formula is C6H6F2N2. The average Bonchev–Trinajstić information content (AvgIpc) is 2.33. The Morgan fingerprint density at radius 2 is 2.40 bits per heavy atom. The highest BCUT2D eigenvalue weighted by Gasteiger charge is 2.12. The molecule has 1 rings (SSSR count). The molecular weight excluding hydrogens is 138 g/mol. The van der Waals surface area contributed by atoms with Crippen LogP contribution in [0.5, 0.6) is 0 Å². The van der Waals surface area contributed by atoms with Gasteiger partial charge in [-0.1, -0.05) is 0 Å². The van der Waals surface area contributed by atoms with Gasteiger partial charge in [-0.15, -0.1) is 0 Å². The van der Waals surface area contributed by atoms with Gasteiger partial charge in [-0.3, -0.25) is 0 Å². The Balaban J connectivity index is 2.90. The molecule has 2 nitrogen and oxygen atoms in total. The highest BCUT2D eigenvalue weighted by atomic mass is 19.3. The summed E-state index contributed by atoms with van der Waals surface area (Å²) in [4.78, 5) is 3.35. The van der Waals surface area contributed by atoms with E-state index in [1.807, 2.05) is 0 Å². The third-order valence-electron chi connectivity index (χ3n) is 1.15. The number of aryl methyl sites for hydroxylation is 1. The van der Waals surface area contributed by atoms with E-state index < -0.39 is 6.43 Å². The molecule has 0 bridgehead atoms. The van der Waals surface area contributed by atoms with E-state index in [-0.39, 0.29) is 5.69 Å². The van der Waals surface area contributed by atoms with Gasteiger partial charge >= 0.3 is 0 Å². The second kappa shape index (κ2) is 2.77. The van der Waals surface area contributed by atoms with Crippen molar-refractivity contribution in [3.63, 3.8) is 0 Å². The van der Waals surface area contributed by atoms with E-state index in [0.29, 0.717) is 6.54 Å². The van der Waals surface area contributed by atoms with Gasteiger partial charge in [0.05, 0.1) is 0 Å². The monoisotopic (exact) mass is 144 g/mol. The van der Waals surface area contributed by atoms with Gasteiger partial charge in [-0.2, -0.15) is 0 Å². The third-order valence-corrected chi connectivity index (χ3v) is 1.15. The molecule has 0 amide bonds. The number of hydrogen-bond donors (Lipinski definition) is 0. The van der Waals surface area contributed by atoms with Gasteiger partial charge < -0.3 is 4.57 Å². The minimum atomic E-state index is -2.50. The zero-order valence-corrected chi connectivity index (χ0v) is 5.43. The molecule has 0 aliphatic rings. The molecule has 0 aliphatic carbocycles. The second-order valence-corrected chi connectivity index (χ2v) is 1.75. The Morgan fingerprint density at radius 1 is 1.70 bits per heavy atom. The van der Waals surface area contributed by atoms with E-state index in [1.54, 1.807) is 6.92 Å². The molecule has 54 valence electrons. The zero-order chi connectivity index (χ0) is 7.56. The maximum atomic E-state index is 11.9. The van der Waals surface area contributed by atoms with Crippen LogP contribution in [0, 0.1) is 12.5 Å². The quantitative estimate of drug-likeness (QED) is 0.614. The topological polar surface area (TPSA) is 17.8 Å². The summed E-state index contributed by atoms with van der Waals surface area (Å²) >= 11 is 0. The van der Waals surface area contributed by atoms with Crippen LogP contribution < -0.4 is 0 Å². The molecule has 0 saturated heterocycles. The van der Waals surface area contributed by atoms with E-state index in [1.165, 1.54) is 4.57 Å². The van der Waals surface area contributed by atoms with E-state index in [4.69, 9.17) is 0 Å². The van der Waals surface area contributed by atoms with Crippen molar-refractivity contribution in [2.24, 2.45) is 0 Å². The average molecular weight is 144 g/mol. The van der Waals surface area contributed by atoms with Gasteiger partial charge in [0.2, 0.25) is 0 Å². The fourth-order valence-electron chi connectivity index (χ4n) is 0.665. The second-order valence-electron chi connectivity index (χ2n) is 1.75. The number of halogens is 2. The highest BCUT2D eigenvalue weighted by Crippen LogP contribution is 2.16. The number of rotatable bonds is 2. The van der Waals surface area contributed by atoms with Crippen molar-refractivity contribution in [1.29, 1.82) is 0 Å². The molecule has 1 aromatic heterocycles. The highest BCUT2D eigenvalue weighted by molar-refractivity contribution is 4.96. The van der Waals surface area contributed by atoms with Crippen LogP contribution in [-0.4, -0.2) is 9.55 Å². The normalized spacial score (nSPS) is 10.8. The van der Waals surface area contributed by atoms with Crippen LogP contribution in [0.2, 0.25) is 0 Å². The Labute approximate surface area is 57.5 Å². The summed E-state index contributed by atoms with van der Waals surface area (Å²) in [6.45, 7) is 2.20. The van der Waals surface area contributed by atoms with Crippen molar-refractivity contribution >= 4 is 0 Å². The van der Waals surface area contributed by atoms with Crippen LogP contribution in [0.3, 0.4) is 0 Å². The Morgan fingerprint density at radius 3 is 2.80 bits per heavy atom. The molecule has 0 unspecified atom stereocenters. The first-order chi connectivity index (χ1) is 4.75. The number of nitrogens with zero attached hydrogens (tertiary/aromatic N) is 2. The molecule has 1 aromatic rings. The summed E-state index contributed by atoms with van der Waals surface area (Å²) < 4.78 is 25.1. The molecule has 0 aliphatic heterocycles. The molecule has 0 aromatic carbocycles. The SMILES string of the molecule is CCn1[c]n[c]c1C(F)F. The maximum absolute atomic E-state index is 11.9. The summed E-state index contributed by atoms with van der Waals surface area (Å²) in [5, 5.41) is 0. The lowest BCUT2D eigenvalue weighted by molar-refractivity contribution is 0.140. The number of hydrogen-bond acceptors (Lipinski definition) is 1. The minimum absolute atomic E-state index is 0.192. The van der Waals surface area contributed by atoms with Crippen molar-refractivity contribution in [1.82, 2.24) is 9.55 Å². The van der Waals surface area contributed by atoms with Gasteiger partial charge in [0.15, 0.2) is 6.33 Å². The van der Waals surface area contributed by atoms with Gasteiger partial charge in [-0.05, 0) is 6.92 Å². The van der Waals surface area contributed by atoms with Crippen LogP contribution in [0.4, 0.5) is 8.78 Å². The van der Waals surface area contributed by atoms with Gasteiger partial charge in [0, 0.05) is 6.54 Å². The van der Waals surface area contributed by atoms with Crippen molar-refractivity contribution in [2.45, 2.75) is 19.9 Å². The fraction of sp³-hybridized carbons (Fsp3) is 0.500. The summed E-state index contributed by atoms with van der Waals surface area (Å²) in [7, 11) is 0. The van der Waals surface area contributed by atoms with Crippen LogP contribution in [0.15, 0.2) is 0 Å². The summed E-state index contributed by atoms with van der Waals surface area (Å²) in [5.41, 5.74) is -0.192. The molecule has 1 heterocycles. The third kappa shape index (κ3) is 1.15. The van der Waals surface area contributed by atoms with E-state index in [2.05, 4.69) is 17.5 Å². The molecule has 0 atom stereocenters. The lowest BCUT2D eigenvalue weighted by atomic mass is 10.5. The smallest absolute Gasteiger partial charge is 0.280 e. The lowest BCUT2D eigenvalue weighted by Gasteiger charge is -2.00. The first-order valence-corrected chi connectivity index (χ1v) is 2.89. The van der Waals surface area contributed by atoms with Gasteiger partial charge in [0.25, 0.3) is 6.43 Å². The van der Waals surface area contributed by atoms with E-state index in [0.717, 1.165) is 0 Å². The van der Waals surface area contributed by atoms with Crippen LogP contribution in [-0.2, 0) is 6.54 Å². The summed E-state index contributed by atoms with van der Waals surface area (Å²) in [6, 6.07) is 0. The molecule has 2 radical (unpaired) electrons. The van der Waals surface area contributed by atoms with Crippen LogP contribution in [0.1, 0.15) is 19.0 Å². The molecule has 4 heteroatoms. The fourth-order valence-corrected chi connectivity index (χ4v) is 0.665.